The molecule has 2 atom stereocenters. The molecule has 3 rings (SSSR count). The van der Waals surface area contributed by atoms with Crippen LogP contribution in [0, 0.1) is 5.92 Å². The summed E-state index contributed by atoms with van der Waals surface area (Å²) in [6.45, 7) is 7.11. The normalized spacial score (nSPS) is 25.0. The van der Waals surface area contributed by atoms with E-state index < -0.39 is 5.54 Å². The third kappa shape index (κ3) is 3.66. The van der Waals surface area contributed by atoms with Gasteiger partial charge < -0.3 is 14.8 Å². The molecule has 1 N–H and O–H groups in total. The van der Waals surface area contributed by atoms with Crippen LogP contribution in [0.2, 0.25) is 0 Å². The van der Waals surface area contributed by atoms with E-state index in [1.807, 2.05) is 26.0 Å². The minimum absolute atomic E-state index is 0.113. The molecule has 1 aromatic rings. The van der Waals surface area contributed by atoms with Crippen LogP contribution in [0.25, 0.3) is 0 Å². The molecule has 7 heteroatoms. The van der Waals surface area contributed by atoms with E-state index in [1.165, 1.54) is 4.90 Å². The Morgan fingerprint density at radius 3 is 2.48 bits per heavy atom. The van der Waals surface area contributed by atoms with Gasteiger partial charge in [0.1, 0.15) is 5.54 Å². The highest BCUT2D eigenvalue weighted by Crippen LogP contribution is 2.40. The fourth-order valence-corrected chi connectivity index (χ4v) is 4.49. The van der Waals surface area contributed by atoms with Crippen LogP contribution in [0.4, 0.5) is 4.79 Å². The van der Waals surface area contributed by atoms with Gasteiger partial charge in [-0.25, -0.2) is 4.79 Å². The number of halogens is 1. The average Bonchev–Trinajstić information content (AvgIpc) is 2.86. The van der Waals surface area contributed by atoms with Crippen LogP contribution >= 0.6 is 15.9 Å². The van der Waals surface area contributed by atoms with Gasteiger partial charge in [0.25, 0.3) is 5.91 Å². The third-order valence-corrected chi connectivity index (χ3v) is 6.28. The first-order valence-corrected chi connectivity index (χ1v) is 10.4. The molecule has 0 aromatic heterocycles. The zero-order valence-corrected chi connectivity index (χ0v) is 17.7. The van der Waals surface area contributed by atoms with Gasteiger partial charge in [0.15, 0.2) is 11.5 Å². The van der Waals surface area contributed by atoms with E-state index in [2.05, 4.69) is 28.2 Å². The summed E-state index contributed by atoms with van der Waals surface area (Å²) in [5, 5.41) is 3.00. The fraction of sp³-hybridized carbons (Fsp3) is 0.600. The van der Waals surface area contributed by atoms with Crippen LogP contribution in [0.1, 0.15) is 52.0 Å². The molecule has 0 unspecified atom stereocenters. The van der Waals surface area contributed by atoms with E-state index in [1.54, 1.807) is 0 Å². The van der Waals surface area contributed by atoms with Crippen LogP contribution in [0.5, 0.6) is 11.5 Å². The maximum atomic E-state index is 13.2. The van der Waals surface area contributed by atoms with Crippen molar-refractivity contribution in [3.8, 4) is 11.5 Å². The molecule has 1 aromatic carbocycles. The van der Waals surface area contributed by atoms with Crippen molar-refractivity contribution in [1.82, 2.24) is 10.2 Å². The summed E-state index contributed by atoms with van der Waals surface area (Å²) in [5.41, 5.74) is 0.0708. The number of amides is 3. The van der Waals surface area contributed by atoms with Crippen molar-refractivity contribution in [3.63, 3.8) is 0 Å². The lowest BCUT2D eigenvalue weighted by Crippen LogP contribution is -2.53. The number of rotatable bonds is 6. The largest absolute Gasteiger partial charge is 0.490 e. The second-order valence-corrected chi connectivity index (χ2v) is 8.05. The predicted octanol–water partition coefficient (Wildman–Crippen LogP) is 4.25. The Bertz CT molecular complexity index is 739. The maximum Gasteiger partial charge on any atom is 0.325 e. The Kier molecular flexibility index (Phi) is 5.99. The highest BCUT2D eigenvalue weighted by Gasteiger charge is 2.54. The van der Waals surface area contributed by atoms with Gasteiger partial charge in [-0.1, -0.05) is 35.7 Å². The van der Waals surface area contributed by atoms with Crippen molar-refractivity contribution < 1.29 is 19.1 Å². The Labute approximate surface area is 168 Å². The standard InChI is InChI=1S/C20H27BrN2O4/c1-4-26-16-10-14(15(21)11-17(16)27-5-2)12-23-18(24)20(22-19(23)25)9-7-6-8-13(20)3/h10-11,13H,4-9,12H2,1-3H3,(H,22,25)/t13-,20+/m0/s1. The number of ether oxygens (including phenoxy) is 2. The Hall–Kier alpha value is -1.76. The van der Waals surface area contributed by atoms with E-state index in [0.717, 1.165) is 29.3 Å². The van der Waals surface area contributed by atoms with E-state index in [0.29, 0.717) is 31.1 Å². The molecule has 0 radical (unpaired) electrons. The summed E-state index contributed by atoms with van der Waals surface area (Å²) in [6.07, 6.45) is 3.74. The molecule has 2 fully saturated rings. The lowest BCUT2D eigenvalue weighted by molar-refractivity contribution is -0.134. The summed E-state index contributed by atoms with van der Waals surface area (Å²) < 4.78 is 12.1. The lowest BCUT2D eigenvalue weighted by Gasteiger charge is -2.36. The second kappa shape index (κ2) is 8.09. The third-order valence-electron chi connectivity index (χ3n) is 5.54. The molecular weight excluding hydrogens is 412 g/mol. The van der Waals surface area contributed by atoms with Crippen molar-refractivity contribution in [2.75, 3.05) is 13.2 Å². The first-order chi connectivity index (χ1) is 12.9. The van der Waals surface area contributed by atoms with Gasteiger partial charge in [0.2, 0.25) is 0 Å². The van der Waals surface area contributed by atoms with Crippen molar-refractivity contribution in [3.05, 3.63) is 22.2 Å². The average molecular weight is 439 g/mol. The molecule has 1 heterocycles. The molecule has 2 aliphatic rings. The van der Waals surface area contributed by atoms with Gasteiger partial charge in [-0.2, -0.15) is 0 Å². The van der Waals surface area contributed by atoms with Gasteiger partial charge in [-0.15, -0.1) is 0 Å². The summed E-state index contributed by atoms with van der Waals surface area (Å²) in [7, 11) is 0. The minimum atomic E-state index is -0.740. The first kappa shape index (κ1) is 20.0. The smallest absolute Gasteiger partial charge is 0.325 e. The second-order valence-electron chi connectivity index (χ2n) is 7.20. The predicted molar refractivity (Wildman–Crippen MR) is 106 cm³/mol. The molecule has 1 saturated carbocycles. The SMILES string of the molecule is CCOc1cc(Br)c(CN2C(=O)N[C@@]3(CCCC[C@@H]3C)C2=O)cc1OCC. The van der Waals surface area contributed by atoms with Gasteiger partial charge in [0, 0.05) is 4.47 Å². The zero-order valence-electron chi connectivity index (χ0n) is 16.1. The van der Waals surface area contributed by atoms with Crippen molar-refractivity contribution >= 4 is 27.9 Å². The Balaban J connectivity index is 1.87. The topological polar surface area (TPSA) is 67.9 Å². The van der Waals surface area contributed by atoms with Crippen LogP contribution in [-0.2, 0) is 11.3 Å². The summed E-state index contributed by atoms with van der Waals surface area (Å²) in [4.78, 5) is 27.1. The summed E-state index contributed by atoms with van der Waals surface area (Å²) in [5.74, 6) is 1.30. The molecule has 3 amide bonds. The number of benzene rings is 1. The first-order valence-electron chi connectivity index (χ1n) is 9.65. The lowest BCUT2D eigenvalue weighted by atomic mass is 9.73. The number of hydrogen-bond donors (Lipinski definition) is 1. The van der Waals surface area contributed by atoms with Gasteiger partial charge in [0.05, 0.1) is 19.8 Å². The number of carbonyl (C=O) groups excluding carboxylic acids is 2. The summed E-state index contributed by atoms with van der Waals surface area (Å²) >= 11 is 3.54. The van der Waals surface area contributed by atoms with E-state index >= 15 is 0 Å². The van der Waals surface area contributed by atoms with E-state index in [-0.39, 0.29) is 24.4 Å². The van der Waals surface area contributed by atoms with E-state index in [9.17, 15) is 9.59 Å². The Morgan fingerprint density at radius 1 is 1.19 bits per heavy atom. The van der Waals surface area contributed by atoms with Gasteiger partial charge in [-0.3, -0.25) is 9.69 Å². The summed E-state index contributed by atoms with van der Waals surface area (Å²) in [6, 6.07) is 3.36. The molecule has 1 aliphatic carbocycles. The van der Waals surface area contributed by atoms with Crippen molar-refractivity contribution in [2.24, 2.45) is 5.92 Å². The highest BCUT2D eigenvalue weighted by atomic mass is 79.9. The minimum Gasteiger partial charge on any atom is -0.490 e. The molecular formula is C20H27BrN2O4. The fourth-order valence-electron chi connectivity index (χ4n) is 4.04. The van der Waals surface area contributed by atoms with Gasteiger partial charge in [-0.05, 0) is 50.3 Å². The molecule has 1 aliphatic heterocycles. The molecule has 1 spiro atoms. The van der Waals surface area contributed by atoms with Crippen molar-refractivity contribution in [1.29, 1.82) is 0 Å². The highest BCUT2D eigenvalue weighted by molar-refractivity contribution is 9.10. The van der Waals surface area contributed by atoms with E-state index in [4.69, 9.17) is 9.47 Å². The van der Waals surface area contributed by atoms with Crippen LogP contribution < -0.4 is 14.8 Å². The number of urea groups is 1. The van der Waals surface area contributed by atoms with Crippen LogP contribution in [0.15, 0.2) is 16.6 Å². The number of carbonyl (C=O) groups is 2. The van der Waals surface area contributed by atoms with Crippen LogP contribution in [0.3, 0.4) is 0 Å². The quantitative estimate of drug-likeness (QED) is 0.674. The van der Waals surface area contributed by atoms with Crippen LogP contribution in [-0.4, -0.2) is 35.6 Å². The molecule has 6 nitrogen and oxygen atoms in total. The molecule has 1 saturated heterocycles. The number of nitrogens with one attached hydrogen (secondary N) is 1. The number of hydrogen-bond acceptors (Lipinski definition) is 4. The molecule has 0 bridgehead atoms. The number of imide groups is 1. The maximum absolute atomic E-state index is 13.2. The molecule has 27 heavy (non-hydrogen) atoms. The Morgan fingerprint density at radius 2 is 1.85 bits per heavy atom. The van der Waals surface area contributed by atoms with Crippen molar-refractivity contribution in [2.45, 2.75) is 58.5 Å². The molecule has 148 valence electrons. The number of nitrogens with zero attached hydrogens (tertiary/aromatic N) is 1. The van der Waals surface area contributed by atoms with Gasteiger partial charge >= 0.3 is 6.03 Å². The monoisotopic (exact) mass is 438 g/mol. The zero-order chi connectivity index (χ0) is 19.6.